The van der Waals surface area contributed by atoms with Gasteiger partial charge in [0.05, 0.1) is 23.9 Å². The molecule has 1 aliphatic rings. The summed E-state index contributed by atoms with van der Waals surface area (Å²) in [5.74, 6) is -0.646. The Kier molecular flexibility index (Phi) is 6.41. The normalized spacial score (nSPS) is 14.9. The number of nitrogens with one attached hydrogen (secondary N) is 2. The van der Waals surface area contributed by atoms with Crippen LogP contribution in [0.2, 0.25) is 0 Å². The quantitative estimate of drug-likeness (QED) is 0.610. The molecule has 0 spiro atoms. The van der Waals surface area contributed by atoms with Gasteiger partial charge in [-0.2, -0.15) is 0 Å². The molecule has 1 amide bonds. The first-order valence-corrected chi connectivity index (χ1v) is 9.37. The minimum atomic E-state index is -0.408. The van der Waals surface area contributed by atoms with E-state index in [0.717, 1.165) is 18.5 Å². The average Bonchev–Trinajstić information content (AvgIpc) is 2.97. The van der Waals surface area contributed by atoms with Crippen molar-refractivity contribution in [1.82, 2.24) is 4.98 Å². The Bertz CT molecular complexity index is 782. The first kappa shape index (κ1) is 18.9. The van der Waals surface area contributed by atoms with Crippen LogP contribution in [0, 0.1) is 0 Å². The van der Waals surface area contributed by atoms with Crippen LogP contribution in [0.4, 0.5) is 11.4 Å². The van der Waals surface area contributed by atoms with E-state index in [2.05, 4.69) is 20.4 Å². The summed E-state index contributed by atoms with van der Waals surface area (Å²) in [7, 11) is 1.33. The van der Waals surface area contributed by atoms with Gasteiger partial charge in [0.15, 0.2) is 0 Å². The lowest BCUT2D eigenvalue weighted by atomic mass is 10.1. The number of hydrogen-bond donors (Lipinski definition) is 2. The van der Waals surface area contributed by atoms with E-state index in [-0.39, 0.29) is 5.91 Å². The van der Waals surface area contributed by atoms with Gasteiger partial charge in [-0.1, -0.05) is 25.7 Å². The van der Waals surface area contributed by atoms with Gasteiger partial charge in [0.1, 0.15) is 0 Å². The number of methoxy groups -OCH3 is 1. The van der Waals surface area contributed by atoms with Crippen LogP contribution in [0.5, 0.6) is 0 Å². The number of pyridine rings is 1. The van der Waals surface area contributed by atoms with Crippen LogP contribution in [0.1, 0.15) is 59.2 Å². The van der Waals surface area contributed by atoms with Crippen molar-refractivity contribution in [2.75, 3.05) is 17.7 Å². The molecular formula is C21H25N3O3. The molecule has 1 aromatic heterocycles. The second-order valence-electron chi connectivity index (χ2n) is 6.82. The van der Waals surface area contributed by atoms with Crippen LogP contribution in [0.25, 0.3) is 0 Å². The Labute approximate surface area is 159 Å². The number of nitrogens with zero attached hydrogens (tertiary/aromatic N) is 1. The first-order valence-electron chi connectivity index (χ1n) is 9.37. The fourth-order valence-corrected chi connectivity index (χ4v) is 3.31. The van der Waals surface area contributed by atoms with Crippen molar-refractivity contribution >= 4 is 23.3 Å². The lowest BCUT2D eigenvalue weighted by Gasteiger charge is -2.17. The molecule has 6 heteroatoms. The third-order valence-corrected chi connectivity index (χ3v) is 4.79. The molecule has 1 aliphatic carbocycles. The summed E-state index contributed by atoms with van der Waals surface area (Å²) in [5.41, 5.74) is 2.41. The summed E-state index contributed by atoms with van der Waals surface area (Å²) < 4.78 is 4.67. The van der Waals surface area contributed by atoms with Crippen molar-refractivity contribution in [3.63, 3.8) is 0 Å². The molecule has 3 rings (SSSR count). The van der Waals surface area contributed by atoms with Crippen molar-refractivity contribution in [1.29, 1.82) is 0 Å². The molecule has 1 aromatic carbocycles. The van der Waals surface area contributed by atoms with Crippen LogP contribution in [0.15, 0.2) is 42.7 Å². The van der Waals surface area contributed by atoms with Gasteiger partial charge in [-0.05, 0) is 43.2 Å². The van der Waals surface area contributed by atoms with Gasteiger partial charge in [-0.25, -0.2) is 4.79 Å². The Morgan fingerprint density at radius 2 is 1.67 bits per heavy atom. The summed E-state index contributed by atoms with van der Waals surface area (Å²) in [6.45, 7) is 0. The van der Waals surface area contributed by atoms with E-state index in [1.54, 1.807) is 36.7 Å². The van der Waals surface area contributed by atoms with E-state index in [9.17, 15) is 9.59 Å². The molecular weight excluding hydrogens is 342 g/mol. The second kappa shape index (κ2) is 9.16. The first-order chi connectivity index (χ1) is 13.2. The number of amides is 1. The molecule has 1 fully saturated rings. The minimum absolute atomic E-state index is 0.238. The smallest absolute Gasteiger partial charge is 0.337 e. The van der Waals surface area contributed by atoms with E-state index < -0.39 is 5.97 Å². The van der Waals surface area contributed by atoms with Crippen molar-refractivity contribution in [3.8, 4) is 0 Å². The van der Waals surface area contributed by atoms with Crippen molar-refractivity contribution in [3.05, 3.63) is 53.9 Å². The summed E-state index contributed by atoms with van der Waals surface area (Å²) in [6.07, 6.45) is 10.7. The van der Waals surface area contributed by atoms with E-state index in [1.165, 1.54) is 32.8 Å². The highest BCUT2D eigenvalue weighted by Gasteiger charge is 2.14. The number of carbonyl (C=O) groups excluding carboxylic acids is 2. The summed E-state index contributed by atoms with van der Waals surface area (Å²) in [6, 6.07) is 8.85. The summed E-state index contributed by atoms with van der Waals surface area (Å²) in [5, 5.41) is 6.34. The van der Waals surface area contributed by atoms with E-state index in [0.29, 0.717) is 22.9 Å². The molecule has 2 aromatic rings. The molecule has 0 atom stereocenters. The maximum atomic E-state index is 12.5. The van der Waals surface area contributed by atoms with Crippen LogP contribution in [0.3, 0.4) is 0 Å². The van der Waals surface area contributed by atoms with E-state index in [4.69, 9.17) is 0 Å². The molecule has 0 aliphatic heterocycles. The molecule has 0 saturated heterocycles. The fourth-order valence-electron chi connectivity index (χ4n) is 3.31. The van der Waals surface area contributed by atoms with Crippen molar-refractivity contribution in [2.24, 2.45) is 0 Å². The van der Waals surface area contributed by atoms with Gasteiger partial charge in [-0.15, -0.1) is 0 Å². The van der Waals surface area contributed by atoms with Gasteiger partial charge in [0.2, 0.25) is 0 Å². The third-order valence-electron chi connectivity index (χ3n) is 4.79. The monoisotopic (exact) mass is 367 g/mol. The highest BCUT2D eigenvalue weighted by molar-refractivity contribution is 6.04. The van der Waals surface area contributed by atoms with E-state index >= 15 is 0 Å². The largest absolute Gasteiger partial charge is 0.465 e. The molecule has 6 nitrogen and oxygen atoms in total. The second-order valence-corrected chi connectivity index (χ2v) is 6.82. The molecule has 0 unspecified atom stereocenters. The van der Waals surface area contributed by atoms with Crippen LogP contribution >= 0.6 is 0 Å². The number of esters is 1. The topological polar surface area (TPSA) is 80.3 Å². The zero-order chi connectivity index (χ0) is 19.1. The van der Waals surface area contributed by atoms with Crippen LogP contribution in [-0.2, 0) is 4.74 Å². The summed E-state index contributed by atoms with van der Waals surface area (Å²) >= 11 is 0. The van der Waals surface area contributed by atoms with Gasteiger partial charge >= 0.3 is 5.97 Å². The lowest BCUT2D eigenvalue weighted by Crippen LogP contribution is -2.19. The number of anilines is 2. The standard InChI is InChI=1S/C21H25N3O3/c1-27-21(26)15-8-10-18(11-9-15)24-20(25)16-12-19(14-22-13-16)23-17-6-4-2-3-5-7-17/h8-14,17,23H,2-7H2,1H3,(H,24,25). The highest BCUT2D eigenvalue weighted by atomic mass is 16.5. The Morgan fingerprint density at radius 1 is 0.963 bits per heavy atom. The molecule has 142 valence electrons. The molecule has 0 radical (unpaired) electrons. The van der Waals surface area contributed by atoms with Gasteiger partial charge < -0.3 is 15.4 Å². The van der Waals surface area contributed by atoms with Crippen molar-refractivity contribution < 1.29 is 14.3 Å². The Hall–Kier alpha value is -2.89. The van der Waals surface area contributed by atoms with Crippen molar-refractivity contribution in [2.45, 2.75) is 44.6 Å². The maximum Gasteiger partial charge on any atom is 0.337 e. The highest BCUT2D eigenvalue weighted by Crippen LogP contribution is 2.21. The number of hydrogen-bond acceptors (Lipinski definition) is 5. The number of rotatable bonds is 5. The molecule has 27 heavy (non-hydrogen) atoms. The van der Waals surface area contributed by atoms with Crippen LogP contribution < -0.4 is 10.6 Å². The minimum Gasteiger partial charge on any atom is -0.465 e. The fraction of sp³-hybridized carbons (Fsp3) is 0.381. The average molecular weight is 367 g/mol. The van der Waals surface area contributed by atoms with Gasteiger partial charge in [0.25, 0.3) is 5.91 Å². The number of aromatic nitrogens is 1. The molecule has 0 bridgehead atoms. The lowest BCUT2D eigenvalue weighted by molar-refractivity contribution is 0.0600. The number of carbonyl (C=O) groups is 2. The zero-order valence-corrected chi connectivity index (χ0v) is 15.5. The Morgan fingerprint density at radius 3 is 2.33 bits per heavy atom. The summed E-state index contributed by atoms with van der Waals surface area (Å²) in [4.78, 5) is 28.2. The number of ether oxygens (including phenoxy) is 1. The van der Waals surface area contributed by atoms with Gasteiger partial charge in [0, 0.05) is 24.1 Å². The molecule has 2 N–H and O–H groups in total. The van der Waals surface area contributed by atoms with Gasteiger partial charge in [-0.3, -0.25) is 9.78 Å². The predicted octanol–water partition coefficient (Wildman–Crippen LogP) is 4.26. The van der Waals surface area contributed by atoms with E-state index in [1.807, 2.05) is 6.07 Å². The third kappa shape index (κ3) is 5.29. The van der Waals surface area contributed by atoms with Crippen LogP contribution in [-0.4, -0.2) is 30.0 Å². The predicted molar refractivity (Wildman–Crippen MR) is 105 cm³/mol. The zero-order valence-electron chi connectivity index (χ0n) is 15.5. The Balaban J connectivity index is 1.63. The molecule has 1 heterocycles. The molecule has 1 saturated carbocycles. The number of benzene rings is 1. The SMILES string of the molecule is COC(=O)c1ccc(NC(=O)c2cncc(NC3CCCCCC3)c2)cc1. The maximum absolute atomic E-state index is 12.5.